The van der Waals surface area contributed by atoms with Crippen LogP contribution in [0.4, 0.5) is 0 Å². The third-order valence-electron chi connectivity index (χ3n) is 0.830. The molecule has 0 aromatic heterocycles. The van der Waals surface area contributed by atoms with Crippen LogP contribution in [0.25, 0.3) is 0 Å². The van der Waals surface area contributed by atoms with Crippen molar-refractivity contribution in [1.82, 2.24) is 0 Å². The molecule has 1 aromatic rings. The fourth-order valence-electron chi connectivity index (χ4n) is 0.493. The van der Waals surface area contributed by atoms with Gasteiger partial charge >= 0.3 is 0 Å². The molecule has 0 fully saturated rings. The van der Waals surface area contributed by atoms with Gasteiger partial charge in [0.1, 0.15) is 11.5 Å². The average Bonchev–Trinajstić information content (AvgIpc) is 1.64. The number of rotatable bonds is 0. The summed E-state index contributed by atoms with van der Waals surface area (Å²) in [5.74, 6) is 0.176. The summed E-state index contributed by atoms with van der Waals surface area (Å²) < 4.78 is 0. The first kappa shape index (κ1) is 11.5. The molecular weight excluding hydrogens is 136 g/mol. The van der Waals surface area contributed by atoms with Crippen molar-refractivity contribution in [2.24, 2.45) is 0 Å². The second-order valence-corrected chi connectivity index (χ2v) is 1.52. The molecule has 0 bridgehead atoms. The fourth-order valence-corrected chi connectivity index (χ4v) is 0.493. The largest absolute Gasteiger partial charge is 0.508 e. The van der Waals surface area contributed by atoms with E-state index >= 15 is 0 Å². The van der Waals surface area contributed by atoms with Crippen LogP contribution in [-0.2, 0) is 0 Å². The fraction of sp³-hybridized carbons (Fsp3) is 0. The van der Waals surface area contributed by atoms with E-state index in [2.05, 4.69) is 0 Å². The second kappa shape index (κ2) is 4.60. The Kier molecular flexibility index (Phi) is 5.31. The molecule has 0 heterocycles. The van der Waals surface area contributed by atoms with Crippen LogP contribution in [0.15, 0.2) is 24.3 Å². The summed E-state index contributed by atoms with van der Waals surface area (Å²) in [6, 6.07) is 5.85. The molecule has 1 rings (SSSR count). The first-order valence-electron chi connectivity index (χ1n) is 2.27. The number of hydrogen-bond donors (Lipinski definition) is 2. The third kappa shape index (κ3) is 2.91. The second-order valence-electron chi connectivity index (χ2n) is 1.52. The van der Waals surface area contributed by atoms with Crippen LogP contribution in [0, 0.1) is 0 Å². The van der Waals surface area contributed by atoms with E-state index in [0.717, 1.165) is 0 Å². The van der Waals surface area contributed by atoms with Gasteiger partial charge in [-0.25, -0.2) is 0 Å². The summed E-state index contributed by atoms with van der Waals surface area (Å²) in [4.78, 5) is 0. The summed E-state index contributed by atoms with van der Waals surface area (Å²) in [5, 5.41) is 17.3. The van der Waals surface area contributed by atoms with Gasteiger partial charge in [0, 0.05) is 6.07 Å². The molecule has 0 aliphatic carbocycles. The number of phenolic OH excluding ortho intramolecular Hbond substituents is 2. The summed E-state index contributed by atoms with van der Waals surface area (Å²) in [5.41, 5.74) is 0. The zero-order valence-corrected chi connectivity index (χ0v) is 5.20. The first-order valence-corrected chi connectivity index (χ1v) is 2.27. The van der Waals surface area contributed by atoms with Crippen LogP contribution >= 0.6 is 0 Å². The van der Waals surface area contributed by atoms with E-state index in [1.54, 1.807) is 6.07 Å². The van der Waals surface area contributed by atoms with E-state index in [0.29, 0.717) is 0 Å². The lowest BCUT2D eigenvalue weighted by Crippen LogP contribution is -1.61. The highest BCUT2D eigenvalue weighted by Crippen LogP contribution is 2.14. The number of aromatic hydroxyl groups is 2. The molecule has 10 heavy (non-hydrogen) atoms. The molecule has 0 saturated carbocycles. The van der Waals surface area contributed by atoms with E-state index < -0.39 is 0 Å². The summed E-state index contributed by atoms with van der Waals surface area (Å²) >= 11 is 0. The van der Waals surface area contributed by atoms with Crippen molar-refractivity contribution in [2.75, 3.05) is 0 Å². The van der Waals surface area contributed by atoms with Crippen LogP contribution in [0.5, 0.6) is 11.5 Å². The predicted octanol–water partition coefficient (Wildman–Crippen LogP) is -0.552. The molecule has 58 valence electrons. The van der Waals surface area contributed by atoms with Gasteiger partial charge in [-0.1, -0.05) is 6.07 Å². The molecule has 0 unspecified atom stereocenters. The topological polar surface area (TPSA) is 103 Å². The Morgan fingerprint density at radius 2 is 1.30 bits per heavy atom. The average molecular weight is 146 g/mol. The molecule has 4 heteroatoms. The lowest BCUT2D eigenvalue weighted by atomic mass is 10.3. The smallest absolute Gasteiger partial charge is 0.119 e. The maximum Gasteiger partial charge on any atom is 0.119 e. The van der Waals surface area contributed by atoms with Crippen LogP contribution < -0.4 is 0 Å². The molecule has 0 aliphatic heterocycles. The molecule has 6 N–H and O–H groups in total. The summed E-state index contributed by atoms with van der Waals surface area (Å²) in [6.07, 6.45) is 0. The number of hydrogen-bond acceptors (Lipinski definition) is 2. The van der Waals surface area contributed by atoms with Crippen molar-refractivity contribution in [2.45, 2.75) is 0 Å². The Morgan fingerprint density at radius 1 is 0.900 bits per heavy atom. The van der Waals surface area contributed by atoms with Crippen LogP contribution in [-0.4, -0.2) is 21.2 Å². The first-order chi connectivity index (χ1) is 3.79. The number of phenols is 2. The minimum Gasteiger partial charge on any atom is -0.508 e. The highest BCUT2D eigenvalue weighted by Gasteiger charge is 1.85. The molecule has 0 saturated heterocycles. The molecule has 0 spiro atoms. The highest BCUT2D eigenvalue weighted by atomic mass is 16.3. The third-order valence-corrected chi connectivity index (χ3v) is 0.830. The maximum atomic E-state index is 8.65. The van der Waals surface area contributed by atoms with Crippen molar-refractivity contribution in [3.8, 4) is 11.5 Å². The zero-order chi connectivity index (χ0) is 5.98. The van der Waals surface area contributed by atoms with Gasteiger partial charge in [-0.3, -0.25) is 0 Å². The Labute approximate surface area is 58.0 Å². The van der Waals surface area contributed by atoms with Crippen LogP contribution in [0.1, 0.15) is 0 Å². The van der Waals surface area contributed by atoms with E-state index in [1.165, 1.54) is 18.2 Å². The maximum absolute atomic E-state index is 8.65. The predicted molar refractivity (Wildman–Crippen MR) is 37.0 cm³/mol. The minimum absolute atomic E-state index is 0. The molecule has 0 atom stereocenters. The summed E-state index contributed by atoms with van der Waals surface area (Å²) in [6.45, 7) is 0. The molecule has 0 amide bonds. The standard InChI is InChI=1S/C6H6O2.2H2O/c7-5-2-1-3-6(8)4-5;;/h1-4,7-8H;2*1H2. The van der Waals surface area contributed by atoms with Gasteiger partial charge < -0.3 is 21.2 Å². The quantitative estimate of drug-likeness (QED) is 0.512. The molecule has 0 aliphatic rings. The normalized spacial score (nSPS) is 7.20. The minimum atomic E-state index is 0. The molecule has 1 aromatic carbocycles. The van der Waals surface area contributed by atoms with Crippen molar-refractivity contribution in [3.05, 3.63) is 24.3 Å². The van der Waals surface area contributed by atoms with Crippen molar-refractivity contribution >= 4 is 0 Å². The molecular formula is C6H10O4. The molecule has 4 nitrogen and oxygen atoms in total. The van der Waals surface area contributed by atoms with Gasteiger partial charge in [-0.15, -0.1) is 0 Å². The van der Waals surface area contributed by atoms with E-state index in [1.807, 2.05) is 0 Å². The lowest BCUT2D eigenvalue weighted by molar-refractivity contribution is 0.450. The van der Waals surface area contributed by atoms with Gasteiger partial charge in [-0.2, -0.15) is 0 Å². The van der Waals surface area contributed by atoms with Crippen LogP contribution in [0.3, 0.4) is 0 Å². The monoisotopic (exact) mass is 146 g/mol. The van der Waals surface area contributed by atoms with Gasteiger partial charge in [-0.05, 0) is 12.1 Å². The van der Waals surface area contributed by atoms with Gasteiger partial charge in [0.05, 0.1) is 0 Å². The van der Waals surface area contributed by atoms with Gasteiger partial charge in [0.25, 0.3) is 0 Å². The highest BCUT2D eigenvalue weighted by molar-refractivity contribution is 5.30. The summed E-state index contributed by atoms with van der Waals surface area (Å²) in [7, 11) is 0. The van der Waals surface area contributed by atoms with E-state index in [-0.39, 0.29) is 22.5 Å². The Bertz CT molecular complexity index is 170. The SMILES string of the molecule is O.O.Oc1cccc(O)c1. The van der Waals surface area contributed by atoms with Crippen LogP contribution in [0.2, 0.25) is 0 Å². The Balaban J connectivity index is 0. The molecule has 0 radical (unpaired) electrons. The van der Waals surface area contributed by atoms with Crippen molar-refractivity contribution in [3.63, 3.8) is 0 Å². The van der Waals surface area contributed by atoms with Crippen molar-refractivity contribution in [1.29, 1.82) is 0 Å². The van der Waals surface area contributed by atoms with E-state index in [9.17, 15) is 0 Å². The van der Waals surface area contributed by atoms with Crippen molar-refractivity contribution < 1.29 is 21.2 Å². The Morgan fingerprint density at radius 3 is 1.50 bits per heavy atom. The Hall–Kier alpha value is -1.26. The lowest BCUT2D eigenvalue weighted by Gasteiger charge is -1.89. The number of benzene rings is 1. The zero-order valence-electron chi connectivity index (χ0n) is 5.20. The van der Waals surface area contributed by atoms with Gasteiger partial charge in [0.15, 0.2) is 0 Å². The van der Waals surface area contributed by atoms with E-state index in [4.69, 9.17) is 10.2 Å². The van der Waals surface area contributed by atoms with Gasteiger partial charge in [0.2, 0.25) is 0 Å².